The zero-order chi connectivity index (χ0) is 27.6. The number of ether oxygens (including phenoxy) is 4. The van der Waals surface area contributed by atoms with E-state index in [1.54, 1.807) is 0 Å². The van der Waals surface area contributed by atoms with Crippen LogP contribution in [0.15, 0.2) is 48.8 Å². The predicted molar refractivity (Wildman–Crippen MR) is 164 cm³/mol. The Morgan fingerprint density at radius 1 is 0.625 bits per heavy atom. The lowest BCUT2D eigenvalue weighted by molar-refractivity contribution is -0.596. The van der Waals surface area contributed by atoms with Crippen LogP contribution in [0.5, 0.6) is 23.0 Å². The molecule has 0 saturated carbocycles. The number of rotatable bonds is 1. The van der Waals surface area contributed by atoms with Crippen LogP contribution in [0.3, 0.4) is 0 Å². The topological polar surface area (TPSA) is 45.7 Å². The number of imidazole rings is 1. The third-order valence-electron chi connectivity index (χ3n) is 7.52. The third-order valence-corrected chi connectivity index (χ3v) is 7.88. The zero-order valence-electron chi connectivity index (χ0n) is 23.3. The summed E-state index contributed by atoms with van der Waals surface area (Å²) in [5.74, 6) is 3.71. The summed E-state index contributed by atoms with van der Waals surface area (Å²) in [6.45, 7) is 2.59. The number of aromatic nitrogens is 2. The molecule has 5 rings (SSSR count). The van der Waals surface area contributed by atoms with E-state index in [1.165, 1.54) is 25.7 Å². The lowest BCUT2D eigenvalue weighted by Gasteiger charge is -2.17. The highest BCUT2D eigenvalue weighted by Crippen LogP contribution is 2.36. The molecular weight excluding hydrogens is 540 g/mol. The second kappa shape index (κ2) is 14.7. The summed E-state index contributed by atoms with van der Waals surface area (Å²) in [7, 11) is 0. The van der Waals surface area contributed by atoms with E-state index in [1.807, 2.05) is 57.9 Å². The van der Waals surface area contributed by atoms with E-state index >= 15 is 0 Å². The molecule has 40 heavy (non-hydrogen) atoms. The van der Waals surface area contributed by atoms with Crippen molar-refractivity contribution in [2.45, 2.75) is 77.0 Å². The number of benzene rings is 2. The molecule has 0 radical (unpaired) electrons. The number of nitrogens with zero attached hydrogens (tertiary/aromatic N) is 2. The van der Waals surface area contributed by atoms with Crippen LogP contribution in [0, 0.1) is 0 Å². The van der Waals surface area contributed by atoms with Gasteiger partial charge in [0.2, 0.25) is 11.4 Å². The van der Waals surface area contributed by atoms with Crippen LogP contribution in [0.2, 0.25) is 0 Å². The van der Waals surface area contributed by atoms with Crippen LogP contribution in [0.25, 0.3) is 11.4 Å². The van der Waals surface area contributed by atoms with E-state index in [2.05, 4.69) is 0 Å². The Morgan fingerprint density at radius 2 is 1.02 bits per heavy atom. The van der Waals surface area contributed by atoms with Gasteiger partial charge in [0, 0.05) is 0 Å². The summed E-state index contributed by atoms with van der Waals surface area (Å²) in [4.78, 5) is 0. The largest absolute Gasteiger partial charge is 0.489 e. The normalized spacial score (nSPS) is 17.4. The Bertz CT molecular complexity index is 1130. The fraction of sp³-hybridized carbons (Fsp3) is 0.500. The van der Waals surface area contributed by atoms with Crippen molar-refractivity contribution in [1.82, 2.24) is 4.57 Å². The molecule has 0 N–H and O–H groups in total. The standard InChI is InChI=1S/C32H40N2O4S2/c39-32(40)31-33-19-20-34(31)30-26-16-14-18-28(30)38-24-12-8-4-3-7-11-23-37-27-17-13-15-25(29(27)33)35-21-9-5-1-2-6-10-22-36-26/h13-20H,1-12,21-24H2. The Balaban J connectivity index is 1.69. The van der Waals surface area contributed by atoms with Gasteiger partial charge in [0.1, 0.15) is 12.4 Å². The van der Waals surface area contributed by atoms with Gasteiger partial charge in [-0.25, -0.2) is 0 Å². The molecule has 0 fully saturated rings. The molecule has 0 spiro atoms. The van der Waals surface area contributed by atoms with Gasteiger partial charge in [0.25, 0.3) is 5.82 Å². The molecule has 1 aromatic heterocycles. The van der Waals surface area contributed by atoms with E-state index in [0.29, 0.717) is 36.4 Å². The minimum Gasteiger partial charge on any atom is -0.489 e. The van der Waals surface area contributed by atoms with Gasteiger partial charge in [0.15, 0.2) is 23.0 Å². The van der Waals surface area contributed by atoms with E-state index in [-0.39, 0.29) is 0 Å². The molecule has 0 amide bonds. The monoisotopic (exact) mass is 580 g/mol. The van der Waals surface area contributed by atoms with E-state index in [9.17, 15) is 0 Å². The summed E-state index contributed by atoms with van der Waals surface area (Å²) >= 11 is 11.4. The van der Waals surface area contributed by atoms with Gasteiger partial charge >= 0.3 is 0 Å². The molecule has 4 bridgehead atoms. The van der Waals surface area contributed by atoms with Gasteiger partial charge in [-0.1, -0.05) is 63.5 Å². The zero-order valence-corrected chi connectivity index (χ0v) is 24.9. The second-order valence-electron chi connectivity index (χ2n) is 10.5. The molecule has 0 atom stereocenters. The molecule has 2 aliphatic heterocycles. The Kier molecular flexibility index (Phi) is 10.5. The fourth-order valence-electron chi connectivity index (χ4n) is 5.44. The second-order valence-corrected chi connectivity index (χ2v) is 11.6. The molecular formula is C32H40N2O4S2. The van der Waals surface area contributed by atoms with Gasteiger partial charge in [-0.2, -0.15) is 9.13 Å². The average Bonchev–Trinajstić information content (AvgIpc) is 3.39. The first kappa shape index (κ1) is 28.7. The molecule has 8 heteroatoms. The van der Waals surface area contributed by atoms with Gasteiger partial charge in [0.05, 0.1) is 26.4 Å². The maximum Gasteiger partial charge on any atom is 0.279 e. The first-order chi connectivity index (χ1) is 19.7. The van der Waals surface area contributed by atoms with Gasteiger partial charge in [-0.05, 0) is 54.1 Å². The van der Waals surface area contributed by atoms with Crippen LogP contribution in [0.4, 0.5) is 0 Å². The minimum absolute atomic E-state index is 0.335. The summed E-state index contributed by atoms with van der Waals surface area (Å²) in [6.07, 6.45) is 17.3. The van der Waals surface area contributed by atoms with Crippen molar-refractivity contribution < 1.29 is 23.5 Å². The molecule has 2 aromatic carbocycles. The number of thiocarbonyl (C=S) groups is 1. The fourth-order valence-corrected chi connectivity index (χ4v) is 5.84. The molecule has 2 aliphatic rings. The van der Waals surface area contributed by atoms with Crippen LogP contribution in [-0.4, -0.2) is 35.2 Å². The molecule has 0 saturated heterocycles. The SMILES string of the molecule is S=C([S-])c1n2cc[n+]1-c1c3cccc1OCCCCCCCCOc1cccc(c1-2)OCCCCCCCCO3. The third kappa shape index (κ3) is 7.07. The number of hydrogen-bond donors (Lipinski definition) is 0. The van der Waals surface area contributed by atoms with Crippen molar-refractivity contribution in [2.24, 2.45) is 0 Å². The summed E-state index contributed by atoms with van der Waals surface area (Å²) in [5.41, 5.74) is 1.64. The van der Waals surface area contributed by atoms with Crippen LogP contribution < -0.4 is 23.5 Å². The van der Waals surface area contributed by atoms with Crippen LogP contribution in [-0.2, 0) is 12.6 Å². The van der Waals surface area contributed by atoms with E-state index in [0.717, 1.165) is 85.7 Å². The van der Waals surface area contributed by atoms with Crippen molar-refractivity contribution in [3.63, 3.8) is 0 Å². The lowest BCUT2D eigenvalue weighted by atomic mass is 10.1. The smallest absolute Gasteiger partial charge is 0.279 e. The van der Waals surface area contributed by atoms with Gasteiger partial charge < -0.3 is 43.8 Å². The maximum atomic E-state index is 6.40. The van der Waals surface area contributed by atoms with Crippen molar-refractivity contribution in [3.05, 3.63) is 54.6 Å². The number of para-hydroxylation sites is 2. The Hall–Kier alpha value is -2.84. The highest BCUT2D eigenvalue weighted by molar-refractivity contribution is 8.01. The first-order valence-electron chi connectivity index (χ1n) is 14.9. The van der Waals surface area contributed by atoms with Crippen LogP contribution >= 0.6 is 12.2 Å². The molecule has 214 valence electrons. The molecule has 3 aromatic rings. The van der Waals surface area contributed by atoms with Crippen molar-refractivity contribution in [3.8, 4) is 34.4 Å². The lowest BCUT2D eigenvalue weighted by Crippen LogP contribution is -2.37. The summed E-state index contributed by atoms with van der Waals surface area (Å²) in [6, 6.07) is 12.0. The van der Waals surface area contributed by atoms with Crippen molar-refractivity contribution in [2.75, 3.05) is 26.4 Å². The van der Waals surface area contributed by atoms with E-state index < -0.39 is 0 Å². The van der Waals surface area contributed by atoms with Gasteiger partial charge in [-0.15, -0.1) is 0 Å². The molecule has 0 unspecified atom stereocenters. The predicted octanol–water partition coefficient (Wildman–Crippen LogP) is 7.20. The summed E-state index contributed by atoms with van der Waals surface area (Å²) in [5, 5.41) is 0. The number of hydrogen-bond acceptors (Lipinski definition) is 6. The highest BCUT2D eigenvalue weighted by Gasteiger charge is 2.29. The molecule has 6 nitrogen and oxygen atoms in total. The average molecular weight is 581 g/mol. The maximum absolute atomic E-state index is 6.40. The highest BCUT2D eigenvalue weighted by atomic mass is 32.1. The Morgan fingerprint density at radius 3 is 1.48 bits per heavy atom. The Labute approximate surface area is 249 Å². The minimum atomic E-state index is 0.335. The molecule has 0 aliphatic carbocycles. The van der Waals surface area contributed by atoms with Gasteiger partial charge in [-0.3, -0.25) is 0 Å². The van der Waals surface area contributed by atoms with E-state index in [4.69, 9.17) is 43.8 Å². The quantitative estimate of drug-likeness (QED) is 0.172. The molecule has 3 heterocycles. The summed E-state index contributed by atoms with van der Waals surface area (Å²) < 4.78 is 30.0. The first-order valence-corrected chi connectivity index (χ1v) is 15.7. The van der Waals surface area contributed by atoms with Crippen molar-refractivity contribution in [1.29, 1.82) is 0 Å². The van der Waals surface area contributed by atoms with Crippen LogP contribution in [0.1, 0.15) is 82.9 Å². The van der Waals surface area contributed by atoms with Crippen molar-refractivity contribution >= 4 is 29.0 Å².